The first-order valence-corrected chi connectivity index (χ1v) is 6.13. The van der Waals surface area contributed by atoms with Crippen LogP contribution in [0.2, 0.25) is 0 Å². The molecule has 0 unspecified atom stereocenters. The molecule has 1 atom stereocenters. The van der Waals surface area contributed by atoms with E-state index in [1.54, 1.807) is 19.5 Å². The Bertz CT molecular complexity index is 343. The second-order valence-corrected chi connectivity index (χ2v) is 4.09. The number of hydrogen-bond donors (Lipinski definition) is 2. The summed E-state index contributed by atoms with van der Waals surface area (Å²) >= 11 is 0. The van der Waals surface area contributed by atoms with E-state index in [-0.39, 0.29) is 11.9 Å². The Morgan fingerprint density at radius 1 is 1.56 bits per heavy atom. The lowest BCUT2D eigenvalue weighted by Crippen LogP contribution is -2.35. The second kappa shape index (κ2) is 8.60. The predicted molar refractivity (Wildman–Crippen MR) is 70.2 cm³/mol. The summed E-state index contributed by atoms with van der Waals surface area (Å²) in [7, 11) is 1.65. The van der Waals surface area contributed by atoms with Crippen LogP contribution >= 0.6 is 0 Å². The third-order valence-corrected chi connectivity index (χ3v) is 2.60. The Morgan fingerprint density at radius 2 is 2.39 bits per heavy atom. The van der Waals surface area contributed by atoms with Crippen molar-refractivity contribution < 1.29 is 9.53 Å². The van der Waals surface area contributed by atoms with Gasteiger partial charge in [-0.25, -0.2) is 0 Å². The molecule has 0 aromatic carbocycles. The molecule has 1 rings (SSSR count). The number of rotatable bonds is 8. The Hall–Kier alpha value is -1.46. The Morgan fingerprint density at radius 3 is 3.06 bits per heavy atom. The summed E-state index contributed by atoms with van der Waals surface area (Å²) in [4.78, 5) is 15.6. The van der Waals surface area contributed by atoms with Gasteiger partial charge < -0.3 is 15.4 Å². The summed E-state index contributed by atoms with van der Waals surface area (Å²) in [6, 6.07) is 3.99. The van der Waals surface area contributed by atoms with Crippen molar-refractivity contribution in [1.29, 1.82) is 0 Å². The van der Waals surface area contributed by atoms with Crippen molar-refractivity contribution in [3.05, 3.63) is 30.1 Å². The molecule has 100 valence electrons. The van der Waals surface area contributed by atoms with E-state index < -0.39 is 0 Å². The number of methoxy groups -OCH3 is 1. The van der Waals surface area contributed by atoms with Crippen LogP contribution in [0, 0.1) is 0 Å². The van der Waals surface area contributed by atoms with Gasteiger partial charge >= 0.3 is 0 Å². The van der Waals surface area contributed by atoms with E-state index in [0.717, 1.165) is 12.0 Å². The second-order valence-electron chi connectivity index (χ2n) is 4.09. The topological polar surface area (TPSA) is 63.2 Å². The number of amides is 1. The van der Waals surface area contributed by atoms with E-state index in [2.05, 4.69) is 15.6 Å². The normalized spacial score (nSPS) is 12.1. The maximum absolute atomic E-state index is 11.5. The standard InChI is InChI=1S/C13H21N3O2/c1-11(12-5-3-6-14-9-12)16-10-13(17)15-7-4-8-18-2/h3,5-6,9,11,16H,4,7-8,10H2,1-2H3,(H,15,17)/t11-/m1/s1. The van der Waals surface area contributed by atoms with Crippen molar-refractivity contribution in [3.63, 3.8) is 0 Å². The highest BCUT2D eigenvalue weighted by Crippen LogP contribution is 2.08. The minimum Gasteiger partial charge on any atom is -0.385 e. The zero-order chi connectivity index (χ0) is 13.2. The van der Waals surface area contributed by atoms with Gasteiger partial charge in [-0.05, 0) is 25.0 Å². The summed E-state index contributed by atoms with van der Waals surface area (Å²) in [5.41, 5.74) is 1.07. The number of carbonyl (C=O) groups excluding carboxylic acids is 1. The summed E-state index contributed by atoms with van der Waals surface area (Å²) in [6.45, 7) is 3.63. The quantitative estimate of drug-likeness (QED) is 0.673. The molecular formula is C13H21N3O2. The average molecular weight is 251 g/mol. The monoisotopic (exact) mass is 251 g/mol. The Kier molecular flexibility index (Phi) is 6.98. The van der Waals surface area contributed by atoms with Gasteiger partial charge in [0.15, 0.2) is 0 Å². The fourth-order valence-electron chi connectivity index (χ4n) is 1.50. The first-order chi connectivity index (χ1) is 8.74. The van der Waals surface area contributed by atoms with Crippen LogP contribution in [0.15, 0.2) is 24.5 Å². The summed E-state index contributed by atoms with van der Waals surface area (Å²) in [5, 5.41) is 5.98. The van der Waals surface area contributed by atoms with Crippen LogP contribution in [-0.4, -0.2) is 37.7 Å². The molecule has 0 spiro atoms. The van der Waals surface area contributed by atoms with E-state index >= 15 is 0 Å². The molecule has 1 aromatic rings. The van der Waals surface area contributed by atoms with Crippen LogP contribution in [0.4, 0.5) is 0 Å². The fraction of sp³-hybridized carbons (Fsp3) is 0.538. The molecule has 0 aliphatic heterocycles. The lowest BCUT2D eigenvalue weighted by atomic mass is 10.1. The van der Waals surface area contributed by atoms with Gasteiger partial charge in [0.1, 0.15) is 0 Å². The zero-order valence-corrected chi connectivity index (χ0v) is 11.0. The zero-order valence-electron chi connectivity index (χ0n) is 11.0. The van der Waals surface area contributed by atoms with Crippen LogP contribution in [0.5, 0.6) is 0 Å². The van der Waals surface area contributed by atoms with Crippen molar-refractivity contribution in [2.24, 2.45) is 0 Å². The average Bonchev–Trinajstić information content (AvgIpc) is 2.42. The van der Waals surface area contributed by atoms with Gasteiger partial charge in [0.05, 0.1) is 6.54 Å². The SMILES string of the molecule is COCCCNC(=O)CN[C@H](C)c1cccnc1. The number of hydrogen-bond acceptors (Lipinski definition) is 4. The molecule has 1 amide bonds. The molecule has 2 N–H and O–H groups in total. The molecule has 18 heavy (non-hydrogen) atoms. The van der Waals surface area contributed by atoms with E-state index in [4.69, 9.17) is 4.74 Å². The van der Waals surface area contributed by atoms with Gasteiger partial charge in [-0.2, -0.15) is 0 Å². The van der Waals surface area contributed by atoms with Crippen LogP contribution in [-0.2, 0) is 9.53 Å². The van der Waals surface area contributed by atoms with Crippen LogP contribution in [0.1, 0.15) is 24.9 Å². The fourth-order valence-corrected chi connectivity index (χ4v) is 1.50. The number of pyridine rings is 1. The third kappa shape index (κ3) is 5.75. The third-order valence-electron chi connectivity index (χ3n) is 2.60. The van der Waals surface area contributed by atoms with Gasteiger partial charge in [0.2, 0.25) is 5.91 Å². The molecule has 5 heteroatoms. The van der Waals surface area contributed by atoms with Gasteiger partial charge in [0, 0.05) is 38.7 Å². The molecular weight excluding hydrogens is 230 g/mol. The van der Waals surface area contributed by atoms with Crippen molar-refractivity contribution in [3.8, 4) is 0 Å². The van der Waals surface area contributed by atoms with Crippen molar-refractivity contribution in [1.82, 2.24) is 15.6 Å². The minimum atomic E-state index is 0.00171. The lowest BCUT2D eigenvalue weighted by molar-refractivity contribution is -0.120. The van der Waals surface area contributed by atoms with Crippen molar-refractivity contribution in [2.75, 3.05) is 26.8 Å². The summed E-state index contributed by atoms with van der Waals surface area (Å²) < 4.78 is 4.91. The maximum Gasteiger partial charge on any atom is 0.233 e. The largest absolute Gasteiger partial charge is 0.385 e. The molecule has 0 bridgehead atoms. The van der Waals surface area contributed by atoms with Gasteiger partial charge in [-0.3, -0.25) is 9.78 Å². The molecule has 0 aliphatic rings. The number of nitrogens with zero attached hydrogens (tertiary/aromatic N) is 1. The number of aromatic nitrogens is 1. The van der Waals surface area contributed by atoms with Gasteiger partial charge in [-0.15, -0.1) is 0 Å². The molecule has 0 aliphatic carbocycles. The Labute approximate surface area is 108 Å². The smallest absolute Gasteiger partial charge is 0.233 e. The number of carbonyl (C=O) groups is 1. The van der Waals surface area contributed by atoms with Crippen LogP contribution in [0.3, 0.4) is 0 Å². The predicted octanol–water partition coefficient (Wildman–Crippen LogP) is 0.885. The number of ether oxygens (including phenoxy) is 1. The molecule has 0 saturated heterocycles. The molecule has 0 fully saturated rings. The van der Waals surface area contributed by atoms with E-state index in [1.165, 1.54) is 0 Å². The molecule has 1 heterocycles. The van der Waals surface area contributed by atoms with Crippen LogP contribution < -0.4 is 10.6 Å². The van der Waals surface area contributed by atoms with Crippen molar-refractivity contribution >= 4 is 5.91 Å². The van der Waals surface area contributed by atoms with Crippen LogP contribution in [0.25, 0.3) is 0 Å². The summed E-state index contributed by atoms with van der Waals surface area (Å²) in [5.74, 6) is 0.00171. The minimum absolute atomic E-state index is 0.00171. The maximum atomic E-state index is 11.5. The van der Waals surface area contributed by atoms with E-state index in [1.807, 2.05) is 19.1 Å². The van der Waals surface area contributed by atoms with Gasteiger partial charge in [-0.1, -0.05) is 6.07 Å². The highest BCUT2D eigenvalue weighted by molar-refractivity contribution is 5.77. The molecule has 0 saturated carbocycles. The molecule has 5 nitrogen and oxygen atoms in total. The lowest BCUT2D eigenvalue weighted by Gasteiger charge is -2.13. The van der Waals surface area contributed by atoms with Gasteiger partial charge in [0.25, 0.3) is 0 Å². The highest BCUT2D eigenvalue weighted by Gasteiger charge is 2.06. The first kappa shape index (κ1) is 14.6. The number of nitrogens with one attached hydrogen (secondary N) is 2. The Balaban J connectivity index is 2.18. The first-order valence-electron chi connectivity index (χ1n) is 6.13. The molecule has 1 aromatic heterocycles. The highest BCUT2D eigenvalue weighted by atomic mass is 16.5. The van der Waals surface area contributed by atoms with E-state index in [9.17, 15) is 4.79 Å². The van der Waals surface area contributed by atoms with Crippen molar-refractivity contribution in [2.45, 2.75) is 19.4 Å². The summed E-state index contributed by atoms with van der Waals surface area (Å²) in [6.07, 6.45) is 4.37. The van der Waals surface area contributed by atoms with E-state index in [0.29, 0.717) is 19.7 Å². The molecule has 0 radical (unpaired) electrons.